The van der Waals surface area contributed by atoms with Crippen molar-refractivity contribution in [1.82, 2.24) is 0 Å². The van der Waals surface area contributed by atoms with Crippen molar-refractivity contribution in [3.8, 4) is 5.75 Å². The Morgan fingerprint density at radius 3 is 2.05 bits per heavy atom. The number of carboxylic acids is 1. The van der Waals surface area contributed by atoms with Gasteiger partial charge in [-0.1, -0.05) is 29.8 Å². The fourth-order valence-corrected chi connectivity index (χ4v) is 1.99. The van der Waals surface area contributed by atoms with Gasteiger partial charge in [0.15, 0.2) is 5.78 Å². The van der Waals surface area contributed by atoms with Crippen LogP contribution in [0.1, 0.15) is 34.3 Å². The smallest absolute Gasteiger partial charge is 0.303 e. The predicted molar refractivity (Wildman–Crippen MR) is 83.4 cm³/mol. The van der Waals surface area contributed by atoms with E-state index in [-0.39, 0.29) is 12.2 Å². The molecule has 0 aliphatic carbocycles. The number of aryl methyl sites for hydroxylation is 1. The first-order valence-electron chi connectivity index (χ1n) is 7.12. The average molecular weight is 298 g/mol. The molecule has 0 saturated heterocycles. The van der Waals surface area contributed by atoms with Gasteiger partial charge in [0.25, 0.3) is 0 Å². The van der Waals surface area contributed by atoms with Crippen molar-refractivity contribution in [2.24, 2.45) is 0 Å². The lowest BCUT2D eigenvalue weighted by Gasteiger charge is -2.06. The molecule has 1 N–H and O–H groups in total. The summed E-state index contributed by atoms with van der Waals surface area (Å²) in [6, 6.07) is 14.3. The number of benzene rings is 2. The van der Waals surface area contributed by atoms with E-state index in [2.05, 4.69) is 0 Å². The summed E-state index contributed by atoms with van der Waals surface area (Å²) in [6.45, 7) is 2.32. The highest BCUT2D eigenvalue weighted by molar-refractivity contribution is 6.09. The Labute approximate surface area is 129 Å². The zero-order valence-electron chi connectivity index (χ0n) is 12.4. The van der Waals surface area contributed by atoms with Crippen LogP contribution in [0.2, 0.25) is 0 Å². The number of carbonyl (C=O) groups is 2. The largest absolute Gasteiger partial charge is 0.494 e. The molecule has 2 rings (SSSR count). The number of ether oxygens (including phenoxy) is 1. The number of hydrogen-bond donors (Lipinski definition) is 1. The lowest BCUT2D eigenvalue weighted by atomic mass is 10.0. The molecule has 0 aromatic heterocycles. The van der Waals surface area contributed by atoms with Crippen LogP contribution in [0.15, 0.2) is 48.5 Å². The third-order valence-electron chi connectivity index (χ3n) is 3.23. The van der Waals surface area contributed by atoms with Crippen LogP contribution in [0, 0.1) is 6.92 Å². The SMILES string of the molecule is Cc1ccc(C(=O)c2ccc(OCCCC(=O)O)cc2)cc1. The van der Waals surface area contributed by atoms with E-state index in [1.807, 2.05) is 31.2 Å². The van der Waals surface area contributed by atoms with E-state index >= 15 is 0 Å². The van der Waals surface area contributed by atoms with E-state index < -0.39 is 5.97 Å². The van der Waals surface area contributed by atoms with Gasteiger partial charge in [0.05, 0.1) is 6.61 Å². The molecule has 114 valence electrons. The molecule has 0 saturated carbocycles. The molecule has 0 heterocycles. The molecule has 0 aliphatic rings. The molecule has 4 nitrogen and oxygen atoms in total. The van der Waals surface area contributed by atoms with Crippen molar-refractivity contribution < 1.29 is 19.4 Å². The number of hydrogen-bond acceptors (Lipinski definition) is 3. The molecule has 2 aromatic rings. The third kappa shape index (κ3) is 4.45. The van der Waals surface area contributed by atoms with Crippen LogP contribution in [0.4, 0.5) is 0 Å². The second-order valence-corrected chi connectivity index (χ2v) is 5.07. The molecule has 22 heavy (non-hydrogen) atoms. The maximum Gasteiger partial charge on any atom is 0.303 e. The van der Waals surface area contributed by atoms with Crippen LogP contribution in [-0.4, -0.2) is 23.5 Å². The molecule has 2 aromatic carbocycles. The van der Waals surface area contributed by atoms with E-state index in [0.29, 0.717) is 29.9 Å². The fourth-order valence-electron chi connectivity index (χ4n) is 1.99. The average Bonchev–Trinajstić information content (AvgIpc) is 2.52. The van der Waals surface area contributed by atoms with E-state index in [4.69, 9.17) is 9.84 Å². The van der Waals surface area contributed by atoms with Crippen LogP contribution in [-0.2, 0) is 4.79 Å². The zero-order chi connectivity index (χ0) is 15.9. The molecule has 0 fully saturated rings. The highest BCUT2D eigenvalue weighted by atomic mass is 16.5. The van der Waals surface area contributed by atoms with Gasteiger partial charge in [0.1, 0.15) is 5.75 Å². The molecule has 0 amide bonds. The van der Waals surface area contributed by atoms with E-state index in [9.17, 15) is 9.59 Å². The minimum absolute atomic E-state index is 0.0302. The Balaban J connectivity index is 1.95. The van der Waals surface area contributed by atoms with Gasteiger partial charge in [0.2, 0.25) is 0 Å². The highest BCUT2D eigenvalue weighted by Crippen LogP contribution is 2.16. The summed E-state index contributed by atoms with van der Waals surface area (Å²) in [4.78, 5) is 22.7. The lowest BCUT2D eigenvalue weighted by molar-refractivity contribution is -0.137. The van der Waals surface area contributed by atoms with Gasteiger partial charge in [-0.2, -0.15) is 0 Å². The number of rotatable bonds is 7. The summed E-state index contributed by atoms with van der Waals surface area (Å²) in [5.74, 6) is -0.231. The number of carbonyl (C=O) groups excluding carboxylic acids is 1. The minimum Gasteiger partial charge on any atom is -0.494 e. The van der Waals surface area contributed by atoms with Gasteiger partial charge in [0, 0.05) is 17.5 Å². The first-order valence-corrected chi connectivity index (χ1v) is 7.12. The van der Waals surface area contributed by atoms with Crippen LogP contribution in [0.3, 0.4) is 0 Å². The van der Waals surface area contributed by atoms with Gasteiger partial charge < -0.3 is 9.84 Å². The van der Waals surface area contributed by atoms with Gasteiger partial charge in [-0.25, -0.2) is 0 Å². The first kappa shape index (κ1) is 15.8. The van der Waals surface area contributed by atoms with Crippen molar-refractivity contribution in [3.63, 3.8) is 0 Å². The highest BCUT2D eigenvalue weighted by Gasteiger charge is 2.08. The second-order valence-electron chi connectivity index (χ2n) is 5.07. The monoisotopic (exact) mass is 298 g/mol. The first-order chi connectivity index (χ1) is 10.6. The van der Waals surface area contributed by atoms with Gasteiger partial charge in [-0.15, -0.1) is 0 Å². The maximum atomic E-state index is 12.3. The fraction of sp³-hybridized carbons (Fsp3) is 0.222. The zero-order valence-corrected chi connectivity index (χ0v) is 12.4. The van der Waals surface area contributed by atoms with Crippen molar-refractivity contribution in [3.05, 3.63) is 65.2 Å². The predicted octanol–water partition coefficient (Wildman–Crippen LogP) is 3.47. The molecule has 0 spiro atoms. The second kappa shape index (κ2) is 7.41. The Morgan fingerprint density at radius 1 is 0.955 bits per heavy atom. The molecule has 0 aliphatic heterocycles. The minimum atomic E-state index is -0.831. The quantitative estimate of drug-likeness (QED) is 0.628. The Hall–Kier alpha value is -2.62. The molecule has 4 heteroatoms. The third-order valence-corrected chi connectivity index (χ3v) is 3.23. The van der Waals surface area contributed by atoms with E-state index in [1.165, 1.54) is 0 Å². The summed E-state index contributed by atoms with van der Waals surface area (Å²) < 4.78 is 5.44. The lowest BCUT2D eigenvalue weighted by Crippen LogP contribution is -2.03. The van der Waals surface area contributed by atoms with Crippen molar-refractivity contribution >= 4 is 11.8 Å². The van der Waals surface area contributed by atoms with Gasteiger partial charge in [-0.05, 0) is 37.6 Å². The summed E-state index contributed by atoms with van der Waals surface area (Å²) in [7, 11) is 0. The Morgan fingerprint density at radius 2 is 1.50 bits per heavy atom. The van der Waals surface area contributed by atoms with E-state index in [1.54, 1.807) is 24.3 Å². The summed E-state index contributed by atoms with van der Waals surface area (Å²) in [6.07, 6.45) is 0.545. The summed E-state index contributed by atoms with van der Waals surface area (Å²) in [5, 5.41) is 8.54. The van der Waals surface area contributed by atoms with Crippen LogP contribution in [0.5, 0.6) is 5.75 Å². The maximum absolute atomic E-state index is 12.3. The van der Waals surface area contributed by atoms with E-state index in [0.717, 1.165) is 5.56 Å². The van der Waals surface area contributed by atoms with Crippen molar-refractivity contribution in [2.45, 2.75) is 19.8 Å². The standard InChI is InChI=1S/C18H18O4/c1-13-4-6-14(7-5-13)18(21)15-8-10-16(11-9-15)22-12-2-3-17(19)20/h4-11H,2-3,12H2,1H3,(H,19,20). The number of aliphatic carboxylic acids is 1. The van der Waals surface area contributed by atoms with Crippen molar-refractivity contribution in [1.29, 1.82) is 0 Å². The van der Waals surface area contributed by atoms with Crippen LogP contribution >= 0.6 is 0 Å². The van der Waals surface area contributed by atoms with Crippen molar-refractivity contribution in [2.75, 3.05) is 6.61 Å². The van der Waals surface area contributed by atoms with Crippen LogP contribution in [0.25, 0.3) is 0 Å². The number of ketones is 1. The Kier molecular flexibility index (Phi) is 5.31. The van der Waals surface area contributed by atoms with Gasteiger partial charge >= 0.3 is 5.97 Å². The van der Waals surface area contributed by atoms with Gasteiger partial charge in [-0.3, -0.25) is 9.59 Å². The summed E-state index contributed by atoms with van der Waals surface area (Å²) in [5.41, 5.74) is 2.36. The van der Waals surface area contributed by atoms with Crippen LogP contribution < -0.4 is 4.74 Å². The Bertz CT molecular complexity index is 642. The molecular weight excluding hydrogens is 280 g/mol. The molecular formula is C18H18O4. The molecule has 0 radical (unpaired) electrons. The summed E-state index contributed by atoms with van der Waals surface area (Å²) >= 11 is 0. The normalized spacial score (nSPS) is 10.2. The molecule has 0 bridgehead atoms. The topological polar surface area (TPSA) is 63.6 Å². The molecule has 0 unspecified atom stereocenters. The molecule has 0 atom stereocenters. The number of carboxylic acid groups (broad SMARTS) is 1.